The first-order valence-electron chi connectivity index (χ1n) is 20.2. The molecule has 4 unspecified atom stereocenters. The maximum atomic E-state index is 13.1. The van der Waals surface area contributed by atoms with Gasteiger partial charge in [-0.25, -0.2) is 9.59 Å². The lowest BCUT2D eigenvalue weighted by molar-refractivity contribution is -0.209. The molecule has 0 radical (unpaired) electrons. The van der Waals surface area contributed by atoms with Crippen LogP contribution in [0.15, 0.2) is 0 Å². The van der Waals surface area contributed by atoms with E-state index < -0.39 is 82.5 Å². The summed E-state index contributed by atoms with van der Waals surface area (Å²) >= 11 is 0. The largest absolute Gasteiger partial charge is 0.481 e. The highest BCUT2D eigenvalue weighted by Gasteiger charge is 2.67. The minimum absolute atomic E-state index is 0.228. The Balaban J connectivity index is 6.88. The van der Waals surface area contributed by atoms with E-state index in [0.717, 1.165) is 25.7 Å². The van der Waals surface area contributed by atoms with Gasteiger partial charge in [-0.3, -0.25) is 19.2 Å². The maximum Gasteiger partial charge on any atom is 0.337 e. The summed E-state index contributed by atoms with van der Waals surface area (Å²) in [5.74, 6) is -15.1. The molecule has 14 heteroatoms. The van der Waals surface area contributed by atoms with Gasteiger partial charge in [0.15, 0.2) is 11.2 Å². The van der Waals surface area contributed by atoms with Crippen LogP contribution in [0.4, 0.5) is 0 Å². The number of hydrogen-bond acceptors (Lipinski definition) is 8. The van der Waals surface area contributed by atoms with E-state index in [4.69, 9.17) is 0 Å². The average Bonchev–Trinajstić information content (AvgIpc) is 3.10. The van der Waals surface area contributed by atoms with E-state index in [1.54, 1.807) is 0 Å². The van der Waals surface area contributed by atoms with Crippen molar-refractivity contribution in [3.63, 3.8) is 0 Å². The molecule has 0 aliphatic heterocycles. The van der Waals surface area contributed by atoms with Gasteiger partial charge in [-0.05, 0) is 38.5 Å². The van der Waals surface area contributed by atoms with Crippen LogP contribution in [-0.4, -0.2) is 87.9 Å². The highest BCUT2D eigenvalue weighted by Crippen LogP contribution is 2.50. The predicted molar refractivity (Wildman–Crippen MR) is 201 cm³/mol. The van der Waals surface area contributed by atoms with Crippen molar-refractivity contribution in [3.05, 3.63) is 0 Å². The first kappa shape index (κ1) is 50.7. The summed E-state index contributed by atoms with van der Waals surface area (Å²) in [5.41, 5.74) is -11.3. The average molecular weight is 775 g/mol. The number of hydrogen-bond donors (Lipinski definition) is 8. The van der Waals surface area contributed by atoms with Crippen molar-refractivity contribution in [1.82, 2.24) is 0 Å². The number of aliphatic hydroxyl groups is 2. The lowest BCUT2D eigenvalue weighted by atomic mass is 9.59. The van der Waals surface area contributed by atoms with Crippen LogP contribution in [0.2, 0.25) is 0 Å². The minimum atomic E-state index is -3.27. The van der Waals surface area contributed by atoms with Crippen LogP contribution in [0.1, 0.15) is 182 Å². The number of carboxylic acid groups (broad SMARTS) is 6. The number of rotatable bonds is 35. The predicted octanol–water partition coefficient (Wildman–Crippen LogP) is 7.60. The van der Waals surface area contributed by atoms with E-state index in [0.29, 0.717) is 51.4 Å². The van der Waals surface area contributed by atoms with Gasteiger partial charge in [0.25, 0.3) is 0 Å². The summed E-state index contributed by atoms with van der Waals surface area (Å²) in [5, 5.41) is 86.8. The number of unbranched alkanes of at least 4 members (excludes halogenated alkanes) is 13. The fraction of sp³-hybridized carbons (Fsp3) is 0.850. The van der Waals surface area contributed by atoms with Crippen molar-refractivity contribution in [2.75, 3.05) is 0 Å². The van der Waals surface area contributed by atoms with Crippen molar-refractivity contribution in [2.45, 2.75) is 193 Å². The van der Waals surface area contributed by atoms with Crippen LogP contribution in [0, 0.1) is 22.7 Å². The third-order valence-electron chi connectivity index (χ3n) is 11.6. The van der Waals surface area contributed by atoms with Gasteiger partial charge in [0, 0.05) is 0 Å². The maximum absolute atomic E-state index is 13.1. The van der Waals surface area contributed by atoms with Crippen molar-refractivity contribution >= 4 is 35.8 Å². The molecule has 4 atom stereocenters. The molecule has 0 saturated carbocycles. The monoisotopic (exact) mass is 774 g/mol. The van der Waals surface area contributed by atoms with Gasteiger partial charge in [-0.15, -0.1) is 0 Å². The van der Waals surface area contributed by atoms with Crippen molar-refractivity contribution in [3.8, 4) is 0 Å². The molecule has 0 aromatic carbocycles. The van der Waals surface area contributed by atoms with E-state index in [1.165, 1.54) is 0 Å². The van der Waals surface area contributed by atoms with Crippen molar-refractivity contribution in [1.29, 1.82) is 0 Å². The molecule has 0 fully saturated rings. The van der Waals surface area contributed by atoms with E-state index in [9.17, 15) is 69.6 Å². The Bertz CT molecular complexity index is 1070. The third-order valence-corrected chi connectivity index (χ3v) is 11.6. The zero-order chi connectivity index (χ0) is 41.6. The number of carboxylic acids is 6. The fourth-order valence-electron chi connectivity index (χ4n) is 8.27. The summed E-state index contributed by atoms with van der Waals surface area (Å²) in [6.07, 6.45) is 6.06. The summed E-state index contributed by atoms with van der Waals surface area (Å²) in [4.78, 5) is 77.5. The molecule has 0 heterocycles. The second-order valence-electron chi connectivity index (χ2n) is 15.2. The summed E-state index contributed by atoms with van der Waals surface area (Å²) < 4.78 is 0. The van der Waals surface area contributed by atoms with Crippen molar-refractivity contribution in [2.24, 2.45) is 22.7 Å². The fourth-order valence-corrected chi connectivity index (χ4v) is 8.27. The minimum Gasteiger partial charge on any atom is -0.481 e. The van der Waals surface area contributed by atoms with Gasteiger partial charge >= 0.3 is 35.8 Å². The lowest BCUT2D eigenvalue weighted by Gasteiger charge is -2.45. The molecule has 0 amide bonds. The Morgan fingerprint density at radius 2 is 0.611 bits per heavy atom. The van der Waals surface area contributed by atoms with Gasteiger partial charge < -0.3 is 40.9 Å². The van der Waals surface area contributed by atoms with Crippen LogP contribution in [0.3, 0.4) is 0 Å². The van der Waals surface area contributed by atoms with E-state index >= 15 is 0 Å². The highest BCUT2D eigenvalue weighted by molar-refractivity contribution is 5.94. The SMILES string of the molecule is CCCCCCC(CCCCCC)(C(=O)O)C(O)(C(=O)O)C(CCCCC(C(=O)O)C(O)(C(=O)O)C(CCCCCC)(CCCCCC)C(=O)O)C(=O)O. The zero-order valence-corrected chi connectivity index (χ0v) is 33.2. The smallest absolute Gasteiger partial charge is 0.337 e. The lowest BCUT2D eigenvalue weighted by Crippen LogP contribution is -2.64. The number of aliphatic carboxylic acids is 6. The summed E-state index contributed by atoms with van der Waals surface area (Å²) in [6, 6.07) is 0. The molecule has 0 aliphatic rings. The van der Waals surface area contributed by atoms with Gasteiger partial charge in [0.2, 0.25) is 0 Å². The highest BCUT2D eigenvalue weighted by atomic mass is 16.4. The first-order valence-corrected chi connectivity index (χ1v) is 20.2. The molecule has 0 bridgehead atoms. The Labute approximate surface area is 320 Å². The summed E-state index contributed by atoms with van der Waals surface area (Å²) in [6.45, 7) is 7.72. The van der Waals surface area contributed by atoms with E-state index in [2.05, 4.69) is 0 Å². The molecule has 0 saturated heterocycles. The summed E-state index contributed by atoms with van der Waals surface area (Å²) in [7, 11) is 0. The van der Waals surface area contributed by atoms with Crippen LogP contribution in [0.5, 0.6) is 0 Å². The topological polar surface area (TPSA) is 264 Å². The Morgan fingerprint density at radius 1 is 0.370 bits per heavy atom. The Morgan fingerprint density at radius 3 is 0.778 bits per heavy atom. The van der Waals surface area contributed by atoms with Gasteiger partial charge in [-0.2, -0.15) is 0 Å². The molecule has 314 valence electrons. The molecule has 8 N–H and O–H groups in total. The second-order valence-corrected chi connectivity index (χ2v) is 15.2. The molecule has 0 aromatic heterocycles. The number of carbonyl (C=O) groups is 6. The molecular formula is C40H70O14. The van der Waals surface area contributed by atoms with Crippen molar-refractivity contribution < 1.29 is 69.6 Å². The van der Waals surface area contributed by atoms with Crippen LogP contribution in [-0.2, 0) is 28.8 Å². The van der Waals surface area contributed by atoms with Crippen LogP contribution in [0.25, 0.3) is 0 Å². The van der Waals surface area contributed by atoms with E-state index in [1.807, 2.05) is 27.7 Å². The van der Waals surface area contributed by atoms with Gasteiger partial charge in [0.05, 0.1) is 11.8 Å². The Hall–Kier alpha value is -3.26. The van der Waals surface area contributed by atoms with Gasteiger partial charge in [-0.1, -0.05) is 143 Å². The van der Waals surface area contributed by atoms with Crippen LogP contribution >= 0.6 is 0 Å². The molecule has 0 aromatic rings. The van der Waals surface area contributed by atoms with Crippen LogP contribution < -0.4 is 0 Å². The molecule has 14 nitrogen and oxygen atoms in total. The first-order chi connectivity index (χ1) is 25.4. The van der Waals surface area contributed by atoms with E-state index in [-0.39, 0.29) is 64.2 Å². The molecule has 0 spiro atoms. The molecular weight excluding hydrogens is 704 g/mol. The van der Waals surface area contributed by atoms with Gasteiger partial charge in [0.1, 0.15) is 10.8 Å². The quantitative estimate of drug-likeness (QED) is 0.0288. The molecule has 54 heavy (non-hydrogen) atoms. The molecule has 0 aliphatic carbocycles. The molecule has 0 rings (SSSR count). The zero-order valence-electron chi connectivity index (χ0n) is 33.2. The second kappa shape index (κ2) is 25.0. The Kier molecular flexibility index (Phi) is 23.5. The third kappa shape index (κ3) is 12.6. The normalized spacial score (nSPS) is 15.4. The standard InChI is InChI=1S/C40H70O14/c1-5-9-13-19-25-37(33(45)46,26-20-14-10-6-2)39(53,35(49)50)29(31(41)42)23-17-18-24-30(32(43)44)40(54,36(51)52)38(34(47)48,27-21-15-11-7-3)28-22-16-12-8-4/h29-30,53-54H,5-28H2,1-4H3,(H,41,42)(H,43,44)(H,45,46)(H,47,48)(H,49,50)(H,51,52).